The molecule has 0 spiro atoms. The van der Waals surface area contributed by atoms with Crippen molar-refractivity contribution in [3.05, 3.63) is 42.0 Å². The Morgan fingerprint density at radius 2 is 1.58 bits per heavy atom. The summed E-state index contributed by atoms with van der Waals surface area (Å²) in [5.74, 6) is -1.02. The number of nitrogen functional groups attached to an aromatic ring is 1. The first kappa shape index (κ1) is 24.8. The monoisotopic (exact) mass is 518 g/mol. The summed E-state index contributed by atoms with van der Waals surface area (Å²) in [7, 11) is -9.11. The number of aromatic hydroxyl groups is 2. The summed E-state index contributed by atoms with van der Waals surface area (Å²) in [6.45, 7) is 1.73. The van der Waals surface area contributed by atoms with Crippen LogP contribution in [0.1, 0.15) is 5.56 Å². The maximum absolute atomic E-state index is 11.9. The van der Waals surface area contributed by atoms with Crippen molar-refractivity contribution in [3.8, 4) is 11.5 Å². The van der Waals surface area contributed by atoms with Crippen molar-refractivity contribution in [2.24, 2.45) is 10.2 Å². The van der Waals surface area contributed by atoms with E-state index in [0.29, 0.717) is 0 Å². The van der Waals surface area contributed by atoms with Gasteiger partial charge in [-0.25, -0.2) is 0 Å². The van der Waals surface area contributed by atoms with Crippen LogP contribution >= 0.6 is 10.9 Å². The molecule has 0 saturated carbocycles. The largest absolute Gasteiger partial charge is 0.506 e. The number of benzene rings is 3. The maximum Gasteiger partial charge on any atom is 0.296 e. The van der Waals surface area contributed by atoms with Crippen LogP contribution in [0.25, 0.3) is 10.8 Å². The Labute approximate surface area is 188 Å². The van der Waals surface area contributed by atoms with Gasteiger partial charge in [0.1, 0.15) is 32.9 Å². The zero-order valence-corrected chi connectivity index (χ0v) is 18.1. The number of hydrogen-bond donors (Lipinski definition) is 7. The van der Waals surface area contributed by atoms with Crippen LogP contribution in [-0.2, 0) is 27.2 Å². The summed E-state index contributed by atoms with van der Waals surface area (Å²) >= 11 is 0. The molecule has 31 heavy (non-hydrogen) atoms. The van der Waals surface area contributed by atoms with E-state index in [1.165, 1.54) is 12.1 Å². The number of rotatable bonds is 4. The smallest absolute Gasteiger partial charge is 0.296 e. The molecule has 0 aromatic heterocycles. The molecule has 0 heterocycles. The molecule has 0 unspecified atom stereocenters. The third-order valence-corrected chi connectivity index (χ3v) is 5.87. The number of aryl methyl sites for hydroxylation is 1. The van der Waals surface area contributed by atoms with Gasteiger partial charge in [-0.15, -0.1) is 10.2 Å². The minimum Gasteiger partial charge on any atom is -0.506 e. The molecule has 11 nitrogen and oxygen atoms in total. The van der Waals surface area contributed by atoms with Gasteiger partial charge in [0, 0.05) is 28.1 Å². The summed E-state index contributed by atoms with van der Waals surface area (Å²) in [4.78, 5) is -1.28. The Morgan fingerprint density at radius 3 is 2.13 bits per heavy atom. The molecule has 8 N–H and O–H groups in total. The molecule has 0 fully saturated rings. The fourth-order valence-electron chi connectivity index (χ4n) is 2.76. The topological polar surface area (TPSA) is 206 Å². The number of phenols is 2. The number of fused-ring (bicyclic) bond motifs is 1. The van der Waals surface area contributed by atoms with Crippen molar-refractivity contribution in [3.63, 3.8) is 0 Å². The number of nitrogens with two attached hydrogens (primary N) is 1. The molecule has 0 aliphatic carbocycles. The molecule has 0 aliphatic heterocycles. The number of phenolic OH excluding ortho intramolecular Hbond substituents is 2. The maximum atomic E-state index is 11.9. The summed E-state index contributed by atoms with van der Waals surface area (Å²) in [6.07, 6.45) is 0. The Bertz CT molecular complexity index is 1310. The number of anilines is 1. The quantitative estimate of drug-likeness (QED) is 0.113. The fraction of sp³-hybridized carbons (Fsp3) is 0.0588. The van der Waals surface area contributed by atoms with Crippen LogP contribution in [0, 0.1) is 6.92 Å². The minimum absolute atomic E-state index is 0. The van der Waals surface area contributed by atoms with Crippen LogP contribution in [0.3, 0.4) is 0 Å². The Kier molecular flexibility index (Phi) is 6.90. The summed E-state index contributed by atoms with van der Waals surface area (Å²) in [6, 6.07) is 7.26. The van der Waals surface area contributed by atoms with Gasteiger partial charge in [-0.2, -0.15) is 8.42 Å². The van der Waals surface area contributed by atoms with Gasteiger partial charge < -0.3 is 29.6 Å². The molecule has 3 aromatic rings. The van der Waals surface area contributed by atoms with E-state index in [1.807, 2.05) is 0 Å². The standard InChI is InChI=1S/C17H17N3O8S2.Cu/c1-8-2-3-12(13(21)4-8)19-20-16-14(30(26,27)28)6-9-5-10(29(23,24)25)7-11(18)15(9)17(16)22;/h2-7,21-25H,18H2,1H3,(H,26,27,28);. The fourth-order valence-corrected chi connectivity index (χ4v) is 3.99. The van der Waals surface area contributed by atoms with E-state index in [2.05, 4.69) is 10.2 Å². The van der Waals surface area contributed by atoms with E-state index < -0.39 is 42.2 Å². The molecular weight excluding hydrogens is 502 g/mol. The molecule has 0 saturated heterocycles. The normalized spacial score (nSPS) is 12.8. The Morgan fingerprint density at radius 1 is 0.935 bits per heavy atom. The van der Waals surface area contributed by atoms with Crippen LogP contribution in [0.2, 0.25) is 0 Å². The van der Waals surface area contributed by atoms with Crippen molar-refractivity contribution in [2.45, 2.75) is 16.7 Å². The van der Waals surface area contributed by atoms with E-state index in [9.17, 15) is 36.8 Å². The molecule has 0 amide bonds. The SMILES string of the molecule is Cc1ccc(N=Nc2c(S(=O)(=O)O)cc3cc(S(O)(O)O)cc(N)c3c2O)c(O)c1.[Cu]. The van der Waals surface area contributed by atoms with Crippen LogP contribution < -0.4 is 5.73 Å². The second-order valence-electron chi connectivity index (χ2n) is 6.37. The molecular formula is C17H17CuN3O8S2. The molecule has 1 radical (unpaired) electrons. The Hall–Kier alpha value is -2.42. The van der Waals surface area contributed by atoms with E-state index in [0.717, 1.165) is 23.8 Å². The number of azo groups is 1. The van der Waals surface area contributed by atoms with E-state index in [1.54, 1.807) is 13.0 Å². The molecule has 171 valence electrons. The first-order valence-corrected chi connectivity index (χ1v) is 11.0. The third kappa shape index (κ3) is 5.08. The molecule has 0 atom stereocenters. The zero-order valence-electron chi connectivity index (χ0n) is 15.6. The second kappa shape index (κ2) is 8.61. The summed E-state index contributed by atoms with van der Waals surface area (Å²) in [5, 5.41) is 27.7. The number of hydrogen-bond acceptors (Lipinski definition) is 10. The van der Waals surface area contributed by atoms with Gasteiger partial charge in [0.05, 0.1) is 4.90 Å². The average Bonchev–Trinajstić information content (AvgIpc) is 2.60. The average molecular weight is 519 g/mol. The van der Waals surface area contributed by atoms with Crippen molar-refractivity contribution < 1.29 is 53.9 Å². The van der Waals surface area contributed by atoms with Crippen molar-refractivity contribution >= 4 is 48.8 Å². The molecule has 3 aromatic carbocycles. The number of nitrogens with zero attached hydrogens (tertiary/aromatic N) is 2. The van der Waals surface area contributed by atoms with E-state index in [-0.39, 0.29) is 45.0 Å². The van der Waals surface area contributed by atoms with E-state index in [4.69, 9.17) is 5.73 Å². The van der Waals surface area contributed by atoms with Crippen molar-refractivity contribution in [1.82, 2.24) is 0 Å². The van der Waals surface area contributed by atoms with E-state index >= 15 is 0 Å². The molecule has 0 aliphatic rings. The van der Waals surface area contributed by atoms with Gasteiger partial charge in [0.25, 0.3) is 10.1 Å². The van der Waals surface area contributed by atoms with Crippen LogP contribution in [0.5, 0.6) is 11.5 Å². The van der Waals surface area contributed by atoms with Gasteiger partial charge in [-0.05, 0) is 48.2 Å². The van der Waals surface area contributed by atoms with Crippen LogP contribution in [0.4, 0.5) is 17.1 Å². The van der Waals surface area contributed by atoms with Crippen molar-refractivity contribution in [1.29, 1.82) is 0 Å². The van der Waals surface area contributed by atoms with Crippen molar-refractivity contribution in [2.75, 3.05) is 5.73 Å². The molecule has 14 heteroatoms. The first-order chi connectivity index (χ1) is 13.8. The first-order valence-electron chi connectivity index (χ1n) is 8.08. The Balaban J connectivity index is 0.00000341. The predicted molar refractivity (Wildman–Crippen MR) is 111 cm³/mol. The summed E-state index contributed by atoms with van der Waals surface area (Å²) < 4.78 is 61.6. The molecule has 3 rings (SSSR count). The predicted octanol–water partition coefficient (Wildman–Crippen LogP) is 4.38. The van der Waals surface area contributed by atoms with Gasteiger partial charge >= 0.3 is 0 Å². The zero-order chi connectivity index (χ0) is 22.4. The second-order valence-corrected chi connectivity index (χ2v) is 9.27. The van der Waals surface area contributed by atoms with Crippen LogP contribution in [0.15, 0.2) is 56.4 Å². The minimum atomic E-state index is -4.93. The summed E-state index contributed by atoms with van der Waals surface area (Å²) in [5.41, 5.74) is 5.65. The van der Waals surface area contributed by atoms with Crippen LogP contribution in [-0.4, -0.2) is 36.8 Å². The third-order valence-electron chi connectivity index (χ3n) is 4.14. The van der Waals surface area contributed by atoms with Gasteiger partial charge in [0.15, 0.2) is 5.75 Å². The molecule has 0 bridgehead atoms. The van der Waals surface area contributed by atoms with Gasteiger partial charge in [-0.3, -0.25) is 4.55 Å². The van der Waals surface area contributed by atoms with Gasteiger partial charge in [-0.1, -0.05) is 6.07 Å². The van der Waals surface area contributed by atoms with Gasteiger partial charge in [0.2, 0.25) is 0 Å².